The Bertz CT molecular complexity index is 820. The van der Waals surface area contributed by atoms with Crippen molar-refractivity contribution in [1.82, 2.24) is 4.90 Å². The molecule has 1 aliphatic heterocycles. The molecule has 0 radical (unpaired) electrons. The summed E-state index contributed by atoms with van der Waals surface area (Å²) in [5.74, 6) is -0.366. The number of hydrogen-bond acceptors (Lipinski definition) is 5. The lowest BCUT2D eigenvalue weighted by atomic mass is 10.0. The molecule has 32 heavy (non-hydrogen) atoms. The number of hydrogen-bond donors (Lipinski definition) is 1. The molecule has 0 saturated carbocycles. The van der Waals surface area contributed by atoms with Gasteiger partial charge in [-0.15, -0.1) is 0 Å². The fraction of sp³-hybridized carbons (Fsp3) is 0.667. The van der Waals surface area contributed by atoms with Gasteiger partial charge in [0.1, 0.15) is 6.54 Å². The second-order valence-corrected chi connectivity index (χ2v) is 14.7. The lowest BCUT2D eigenvalue weighted by Gasteiger charge is -2.36. The maximum absolute atomic E-state index is 13.0. The first-order valence-corrected chi connectivity index (χ1v) is 14.6. The summed E-state index contributed by atoms with van der Waals surface area (Å²) < 4.78 is 11.3. The second-order valence-electron chi connectivity index (χ2n) is 9.85. The first-order chi connectivity index (χ1) is 14.9. The SMILES string of the molecule is CCOC(=O)CN1CCN(c2c(C)cc(NCCO[Si](C)(C)C(C)(C)C)cc2CC)C1=O. The highest BCUT2D eigenvalue weighted by Gasteiger charge is 2.37. The minimum atomic E-state index is -1.75. The van der Waals surface area contributed by atoms with Crippen LogP contribution >= 0.6 is 0 Å². The van der Waals surface area contributed by atoms with Gasteiger partial charge >= 0.3 is 12.0 Å². The summed E-state index contributed by atoms with van der Waals surface area (Å²) in [6.45, 7) is 20.0. The Labute approximate surface area is 194 Å². The summed E-state index contributed by atoms with van der Waals surface area (Å²) in [7, 11) is -1.75. The van der Waals surface area contributed by atoms with Crippen LogP contribution in [0.5, 0.6) is 0 Å². The maximum Gasteiger partial charge on any atom is 0.325 e. The molecule has 2 rings (SSSR count). The molecule has 0 bridgehead atoms. The number of ether oxygens (including phenoxy) is 1. The predicted octanol–water partition coefficient (Wildman–Crippen LogP) is 4.80. The Balaban J connectivity index is 2.06. The van der Waals surface area contributed by atoms with E-state index in [4.69, 9.17) is 9.16 Å². The third-order valence-corrected chi connectivity index (χ3v) is 11.0. The van der Waals surface area contributed by atoms with E-state index in [0.29, 0.717) is 26.3 Å². The number of benzene rings is 1. The Hall–Kier alpha value is -2.06. The van der Waals surface area contributed by atoms with Crippen LogP contribution in [0, 0.1) is 6.92 Å². The third-order valence-electron chi connectivity index (χ3n) is 6.45. The zero-order chi connectivity index (χ0) is 24.1. The number of nitrogens with one attached hydrogen (secondary N) is 1. The van der Waals surface area contributed by atoms with E-state index >= 15 is 0 Å². The average Bonchev–Trinajstić information content (AvgIpc) is 3.04. The molecule has 8 heteroatoms. The molecule has 0 unspecified atom stereocenters. The van der Waals surface area contributed by atoms with E-state index in [2.05, 4.69) is 58.2 Å². The van der Waals surface area contributed by atoms with Crippen molar-refractivity contribution in [2.75, 3.05) is 49.6 Å². The van der Waals surface area contributed by atoms with Crippen LogP contribution in [-0.2, 0) is 20.4 Å². The molecule has 2 amide bonds. The van der Waals surface area contributed by atoms with Gasteiger partial charge in [-0.25, -0.2) is 4.79 Å². The van der Waals surface area contributed by atoms with Gasteiger partial charge in [0, 0.05) is 25.3 Å². The predicted molar refractivity (Wildman–Crippen MR) is 133 cm³/mol. The Morgan fingerprint density at radius 3 is 2.47 bits per heavy atom. The number of esters is 1. The van der Waals surface area contributed by atoms with Crippen molar-refractivity contribution >= 4 is 31.7 Å². The summed E-state index contributed by atoms with van der Waals surface area (Å²) in [6, 6.07) is 4.07. The van der Waals surface area contributed by atoms with Crippen molar-refractivity contribution in [1.29, 1.82) is 0 Å². The molecule has 1 aromatic rings. The smallest absolute Gasteiger partial charge is 0.325 e. The van der Waals surface area contributed by atoms with Gasteiger partial charge in [-0.05, 0) is 61.7 Å². The van der Waals surface area contributed by atoms with Crippen LogP contribution in [0.2, 0.25) is 18.1 Å². The number of anilines is 2. The molecular formula is C24H41N3O4Si. The van der Waals surface area contributed by atoms with Gasteiger partial charge in [-0.3, -0.25) is 9.69 Å². The molecule has 0 atom stereocenters. The number of nitrogens with zero attached hydrogens (tertiary/aromatic N) is 2. The van der Waals surface area contributed by atoms with Crippen LogP contribution in [0.3, 0.4) is 0 Å². The monoisotopic (exact) mass is 463 g/mol. The topological polar surface area (TPSA) is 71.1 Å². The normalized spacial score (nSPS) is 14.8. The van der Waals surface area contributed by atoms with E-state index in [1.807, 2.05) is 6.92 Å². The van der Waals surface area contributed by atoms with Crippen LogP contribution in [0.1, 0.15) is 45.7 Å². The summed E-state index contributed by atoms with van der Waals surface area (Å²) >= 11 is 0. The summed E-state index contributed by atoms with van der Waals surface area (Å²) in [5, 5.41) is 3.68. The number of aryl methyl sites for hydroxylation is 2. The molecule has 1 saturated heterocycles. The Kier molecular flexibility index (Phi) is 8.76. The number of urea groups is 1. The van der Waals surface area contributed by atoms with Crippen LogP contribution in [-0.4, -0.2) is 64.6 Å². The summed E-state index contributed by atoms with van der Waals surface area (Å²) in [6.07, 6.45) is 0.813. The van der Waals surface area contributed by atoms with E-state index in [0.717, 1.165) is 35.5 Å². The third kappa shape index (κ3) is 6.25. The van der Waals surface area contributed by atoms with E-state index in [1.165, 1.54) is 0 Å². The van der Waals surface area contributed by atoms with E-state index in [1.54, 1.807) is 16.7 Å². The van der Waals surface area contributed by atoms with Crippen LogP contribution in [0.4, 0.5) is 16.2 Å². The highest BCUT2D eigenvalue weighted by atomic mass is 28.4. The molecule has 1 aromatic carbocycles. The average molecular weight is 464 g/mol. The van der Waals surface area contributed by atoms with Crippen LogP contribution in [0.25, 0.3) is 0 Å². The lowest BCUT2D eigenvalue weighted by molar-refractivity contribution is -0.143. The van der Waals surface area contributed by atoms with E-state index < -0.39 is 8.32 Å². The first kappa shape index (κ1) is 26.2. The zero-order valence-electron chi connectivity index (χ0n) is 21.1. The van der Waals surface area contributed by atoms with Gasteiger partial charge in [0.05, 0.1) is 18.9 Å². The van der Waals surface area contributed by atoms with Gasteiger partial charge in [0.2, 0.25) is 0 Å². The van der Waals surface area contributed by atoms with Crippen molar-refractivity contribution in [3.05, 3.63) is 23.3 Å². The van der Waals surface area contributed by atoms with Gasteiger partial charge < -0.3 is 19.4 Å². The molecule has 0 spiro atoms. The molecule has 0 aromatic heterocycles. The molecular weight excluding hydrogens is 422 g/mol. The summed E-state index contributed by atoms with van der Waals surface area (Å²) in [4.78, 5) is 28.1. The Morgan fingerprint density at radius 2 is 1.88 bits per heavy atom. The fourth-order valence-corrected chi connectivity index (χ4v) is 4.67. The van der Waals surface area contributed by atoms with Crippen molar-refractivity contribution < 1.29 is 18.8 Å². The first-order valence-electron chi connectivity index (χ1n) is 11.6. The minimum absolute atomic E-state index is 0.00243. The number of carbonyl (C=O) groups is 2. The van der Waals surface area contributed by atoms with Crippen LogP contribution < -0.4 is 10.2 Å². The fourth-order valence-electron chi connectivity index (χ4n) is 3.63. The van der Waals surface area contributed by atoms with Crippen molar-refractivity contribution in [3.63, 3.8) is 0 Å². The molecule has 0 aliphatic carbocycles. The van der Waals surface area contributed by atoms with E-state index in [9.17, 15) is 9.59 Å². The van der Waals surface area contributed by atoms with Gasteiger partial charge in [0.25, 0.3) is 0 Å². The molecule has 1 heterocycles. The molecule has 1 fully saturated rings. The largest absolute Gasteiger partial charge is 0.465 e. The molecule has 180 valence electrons. The summed E-state index contributed by atoms with van der Waals surface area (Å²) in [5.41, 5.74) is 4.15. The van der Waals surface area contributed by atoms with Gasteiger partial charge in [-0.1, -0.05) is 27.7 Å². The lowest BCUT2D eigenvalue weighted by Crippen LogP contribution is -2.41. The highest BCUT2D eigenvalue weighted by molar-refractivity contribution is 6.74. The maximum atomic E-state index is 13.0. The quantitative estimate of drug-likeness (QED) is 0.307. The number of amides is 2. The number of rotatable bonds is 10. The zero-order valence-corrected chi connectivity index (χ0v) is 22.1. The van der Waals surface area contributed by atoms with E-state index in [-0.39, 0.29) is 23.6 Å². The highest BCUT2D eigenvalue weighted by Crippen LogP contribution is 2.36. The van der Waals surface area contributed by atoms with Crippen molar-refractivity contribution in [2.24, 2.45) is 0 Å². The standard InChI is InChI=1S/C24H41N3O4Si/c1-9-19-16-20(25-11-14-31-32(7,8)24(4,5)6)15-18(3)22(19)27-13-12-26(23(27)29)17-21(28)30-10-2/h15-16,25H,9-14,17H2,1-8H3. The van der Waals surface area contributed by atoms with Crippen molar-refractivity contribution in [2.45, 2.75) is 66.1 Å². The molecule has 1 aliphatic rings. The Morgan fingerprint density at radius 1 is 1.19 bits per heavy atom. The van der Waals surface area contributed by atoms with Gasteiger partial charge in [0.15, 0.2) is 8.32 Å². The second kappa shape index (κ2) is 10.7. The van der Waals surface area contributed by atoms with Crippen LogP contribution in [0.15, 0.2) is 12.1 Å². The molecule has 1 N–H and O–H groups in total. The molecule has 7 nitrogen and oxygen atoms in total. The minimum Gasteiger partial charge on any atom is -0.465 e. The van der Waals surface area contributed by atoms with Crippen molar-refractivity contribution in [3.8, 4) is 0 Å². The number of carbonyl (C=O) groups excluding carboxylic acids is 2. The van der Waals surface area contributed by atoms with Gasteiger partial charge in [-0.2, -0.15) is 0 Å².